The zero-order chi connectivity index (χ0) is 22.4. The minimum Gasteiger partial charge on any atom is -0.288 e. The highest BCUT2D eigenvalue weighted by molar-refractivity contribution is 5.84. The number of aromatic nitrogens is 2. The van der Waals surface area contributed by atoms with Gasteiger partial charge in [-0.2, -0.15) is 0 Å². The first-order chi connectivity index (χ1) is 15.7. The van der Waals surface area contributed by atoms with E-state index in [9.17, 15) is 4.79 Å². The zero-order valence-corrected chi connectivity index (χ0v) is 18.6. The second-order valence-corrected chi connectivity index (χ2v) is 8.16. The SMILES string of the molecule is CC[C@H](C)[C@H](NC(c1ccccc1)(c1ccccc1)c1ccccc1)C(=O)n1ccnc1. The van der Waals surface area contributed by atoms with Gasteiger partial charge in [0.2, 0.25) is 5.91 Å². The molecule has 0 fully saturated rings. The van der Waals surface area contributed by atoms with Crippen LogP contribution < -0.4 is 5.32 Å². The molecular weight excluding hydrogens is 394 g/mol. The van der Waals surface area contributed by atoms with Crippen molar-refractivity contribution in [3.8, 4) is 0 Å². The lowest BCUT2D eigenvalue weighted by Gasteiger charge is -2.41. The van der Waals surface area contributed by atoms with Crippen molar-refractivity contribution in [3.05, 3.63) is 126 Å². The van der Waals surface area contributed by atoms with E-state index in [1.165, 1.54) is 0 Å². The monoisotopic (exact) mass is 423 g/mol. The molecule has 0 amide bonds. The molecule has 0 aliphatic heterocycles. The van der Waals surface area contributed by atoms with Gasteiger partial charge in [0.25, 0.3) is 0 Å². The summed E-state index contributed by atoms with van der Waals surface area (Å²) >= 11 is 0. The van der Waals surface area contributed by atoms with Gasteiger partial charge in [-0.3, -0.25) is 14.7 Å². The van der Waals surface area contributed by atoms with E-state index in [1.807, 2.05) is 54.6 Å². The Morgan fingerprint density at radius 3 is 1.72 bits per heavy atom. The first kappa shape index (κ1) is 21.7. The number of imidazole rings is 1. The standard InChI is InChI=1S/C28H29N3O/c1-3-22(2)26(27(32)31-20-19-29-21-31)30-28(23-13-7-4-8-14-23,24-15-9-5-10-16-24)25-17-11-6-12-18-25/h4-22,26,30H,3H2,1-2H3/t22-,26-/m0/s1. The van der Waals surface area contributed by atoms with E-state index < -0.39 is 11.6 Å². The molecule has 1 aromatic heterocycles. The maximum Gasteiger partial charge on any atom is 0.249 e. The van der Waals surface area contributed by atoms with Crippen LogP contribution in [0.15, 0.2) is 110 Å². The zero-order valence-electron chi connectivity index (χ0n) is 18.6. The van der Waals surface area contributed by atoms with E-state index >= 15 is 0 Å². The average molecular weight is 424 g/mol. The summed E-state index contributed by atoms with van der Waals surface area (Å²) in [5.41, 5.74) is 2.56. The van der Waals surface area contributed by atoms with E-state index in [-0.39, 0.29) is 11.8 Å². The summed E-state index contributed by atoms with van der Waals surface area (Å²) in [6.45, 7) is 4.24. The maximum atomic E-state index is 13.6. The number of nitrogens with one attached hydrogen (secondary N) is 1. The topological polar surface area (TPSA) is 46.9 Å². The summed E-state index contributed by atoms with van der Waals surface area (Å²) in [6, 6.07) is 30.7. The van der Waals surface area contributed by atoms with Gasteiger partial charge in [0.05, 0.1) is 11.6 Å². The second-order valence-electron chi connectivity index (χ2n) is 8.16. The molecule has 0 saturated heterocycles. The summed E-state index contributed by atoms with van der Waals surface area (Å²) in [5, 5.41) is 3.86. The van der Waals surface area contributed by atoms with Crippen molar-refractivity contribution in [2.75, 3.05) is 0 Å². The molecule has 2 atom stereocenters. The fraction of sp³-hybridized carbons (Fsp3) is 0.214. The molecule has 0 unspecified atom stereocenters. The van der Waals surface area contributed by atoms with Crippen molar-refractivity contribution >= 4 is 5.91 Å². The van der Waals surface area contributed by atoms with E-state index in [0.29, 0.717) is 0 Å². The first-order valence-electron chi connectivity index (χ1n) is 11.1. The molecule has 4 nitrogen and oxygen atoms in total. The minimum absolute atomic E-state index is 0.0102. The van der Waals surface area contributed by atoms with Gasteiger partial charge in [-0.25, -0.2) is 4.98 Å². The third-order valence-corrected chi connectivity index (χ3v) is 6.23. The quantitative estimate of drug-likeness (QED) is 0.380. The highest BCUT2D eigenvalue weighted by Crippen LogP contribution is 2.38. The van der Waals surface area contributed by atoms with E-state index in [2.05, 4.69) is 60.5 Å². The van der Waals surface area contributed by atoms with Crippen LogP contribution in [-0.4, -0.2) is 21.5 Å². The smallest absolute Gasteiger partial charge is 0.249 e. The summed E-state index contributed by atoms with van der Waals surface area (Å²) in [6.07, 6.45) is 5.81. The van der Waals surface area contributed by atoms with Crippen LogP contribution in [0.2, 0.25) is 0 Å². The lowest BCUT2D eigenvalue weighted by Crippen LogP contribution is -2.55. The van der Waals surface area contributed by atoms with E-state index in [4.69, 9.17) is 0 Å². The second kappa shape index (κ2) is 9.75. The van der Waals surface area contributed by atoms with Crippen LogP contribution in [-0.2, 0) is 5.54 Å². The summed E-state index contributed by atoms with van der Waals surface area (Å²) in [4.78, 5) is 17.7. The molecule has 0 aliphatic rings. The highest BCUT2D eigenvalue weighted by Gasteiger charge is 2.41. The predicted octanol–water partition coefficient (Wildman–Crippen LogP) is 5.52. The van der Waals surface area contributed by atoms with Crippen molar-refractivity contribution < 1.29 is 4.79 Å². The third kappa shape index (κ3) is 4.14. The first-order valence-corrected chi connectivity index (χ1v) is 11.1. The number of nitrogens with zero attached hydrogens (tertiary/aromatic N) is 2. The number of carbonyl (C=O) groups excluding carboxylic acids is 1. The molecule has 0 spiro atoms. The molecule has 162 valence electrons. The molecule has 4 aromatic rings. The molecule has 0 saturated carbocycles. The van der Waals surface area contributed by atoms with Crippen LogP contribution in [0.25, 0.3) is 0 Å². The Morgan fingerprint density at radius 2 is 1.34 bits per heavy atom. The van der Waals surface area contributed by atoms with Crippen LogP contribution >= 0.6 is 0 Å². The minimum atomic E-state index is -0.700. The van der Waals surface area contributed by atoms with Crippen LogP contribution in [0.5, 0.6) is 0 Å². The number of hydrogen-bond donors (Lipinski definition) is 1. The molecule has 3 aromatic carbocycles. The molecule has 1 N–H and O–H groups in total. The average Bonchev–Trinajstić information content (AvgIpc) is 3.41. The number of hydrogen-bond acceptors (Lipinski definition) is 3. The van der Waals surface area contributed by atoms with Crippen LogP contribution in [0.3, 0.4) is 0 Å². The fourth-order valence-corrected chi connectivity index (χ4v) is 4.28. The van der Waals surface area contributed by atoms with Crippen LogP contribution in [0.1, 0.15) is 41.8 Å². The van der Waals surface area contributed by atoms with Crippen molar-refractivity contribution in [1.29, 1.82) is 0 Å². The van der Waals surface area contributed by atoms with E-state index in [1.54, 1.807) is 23.3 Å². The maximum absolute atomic E-state index is 13.6. The van der Waals surface area contributed by atoms with Gasteiger partial charge < -0.3 is 0 Å². The number of rotatable bonds is 8. The normalized spacial score (nSPS) is 13.4. The molecule has 4 heteroatoms. The molecular formula is C28H29N3O. The van der Waals surface area contributed by atoms with Gasteiger partial charge in [0.15, 0.2) is 0 Å². The highest BCUT2D eigenvalue weighted by atomic mass is 16.2. The summed E-state index contributed by atoms with van der Waals surface area (Å²) in [5.74, 6) is 0.101. The van der Waals surface area contributed by atoms with Crippen molar-refractivity contribution in [2.24, 2.45) is 5.92 Å². The summed E-state index contributed by atoms with van der Waals surface area (Å²) in [7, 11) is 0. The fourth-order valence-electron chi connectivity index (χ4n) is 4.28. The van der Waals surface area contributed by atoms with Gasteiger partial charge in [-0.1, -0.05) is 111 Å². The molecule has 32 heavy (non-hydrogen) atoms. The van der Waals surface area contributed by atoms with Gasteiger partial charge in [-0.05, 0) is 22.6 Å². The van der Waals surface area contributed by atoms with Gasteiger partial charge >= 0.3 is 0 Å². The predicted molar refractivity (Wildman–Crippen MR) is 128 cm³/mol. The lowest BCUT2D eigenvalue weighted by atomic mass is 9.75. The summed E-state index contributed by atoms with van der Waals surface area (Å²) < 4.78 is 1.58. The molecule has 0 bridgehead atoms. The number of benzene rings is 3. The molecule has 0 aliphatic carbocycles. The Labute approximate surface area is 190 Å². The van der Waals surface area contributed by atoms with Crippen LogP contribution in [0, 0.1) is 5.92 Å². The molecule has 1 heterocycles. The molecule has 0 radical (unpaired) electrons. The third-order valence-electron chi connectivity index (χ3n) is 6.23. The largest absolute Gasteiger partial charge is 0.288 e. The lowest BCUT2D eigenvalue weighted by molar-refractivity contribution is 0.0805. The van der Waals surface area contributed by atoms with Gasteiger partial charge in [0.1, 0.15) is 6.33 Å². The Bertz CT molecular complexity index is 1010. The Balaban J connectivity index is 1.95. The van der Waals surface area contributed by atoms with E-state index in [0.717, 1.165) is 23.1 Å². The van der Waals surface area contributed by atoms with Crippen LogP contribution in [0.4, 0.5) is 0 Å². The van der Waals surface area contributed by atoms with Gasteiger partial charge in [0, 0.05) is 12.4 Å². The van der Waals surface area contributed by atoms with Crippen molar-refractivity contribution in [2.45, 2.75) is 31.8 Å². The Morgan fingerprint density at radius 1 is 0.875 bits per heavy atom. The Hall–Kier alpha value is -3.50. The van der Waals surface area contributed by atoms with Crippen molar-refractivity contribution in [3.63, 3.8) is 0 Å². The number of carbonyl (C=O) groups is 1. The van der Waals surface area contributed by atoms with Gasteiger partial charge in [-0.15, -0.1) is 0 Å². The molecule has 4 rings (SSSR count). The Kier molecular flexibility index (Phi) is 6.62. The van der Waals surface area contributed by atoms with Crippen molar-refractivity contribution in [1.82, 2.24) is 14.9 Å².